The highest BCUT2D eigenvalue weighted by Crippen LogP contribution is 2.27. The van der Waals surface area contributed by atoms with Crippen LogP contribution in [0.2, 0.25) is 0 Å². The first-order chi connectivity index (χ1) is 15.6. The molecule has 0 aliphatic carbocycles. The lowest BCUT2D eigenvalue weighted by molar-refractivity contribution is -0.111. The van der Waals surface area contributed by atoms with Gasteiger partial charge in [-0.15, -0.1) is 0 Å². The summed E-state index contributed by atoms with van der Waals surface area (Å²) in [6.45, 7) is 2.25. The summed E-state index contributed by atoms with van der Waals surface area (Å²) in [5.41, 5.74) is 2.32. The van der Waals surface area contributed by atoms with E-state index in [4.69, 9.17) is 4.74 Å². The standard InChI is InChI=1S/C24H24BrN5O2/c1-32-15-20-7-3-11-30(20)12-4-8-23(31)28-19-9-10-22-21(14-19)24(27-16-26-22)29-18-6-2-5-17(25)13-18/h2,5-6,9-10,13-14,16,20H,3,7,11-12,15H2,1H3,(H,28,31)(H,26,27,29). The average molecular weight is 494 g/mol. The number of carbonyl (C=O) groups is 1. The van der Waals surface area contributed by atoms with Crippen molar-refractivity contribution >= 4 is 49.9 Å². The van der Waals surface area contributed by atoms with Gasteiger partial charge in [0.05, 0.1) is 18.7 Å². The third kappa shape index (κ3) is 5.62. The van der Waals surface area contributed by atoms with Gasteiger partial charge in [-0.1, -0.05) is 27.9 Å². The van der Waals surface area contributed by atoms with Crippen molar-refractivity contribution in [2.24, 2.45) is 0 Å². The van der Waals surface area contributed by atoms with Gasteiger partial charge in [0, 0.05) is 34.4 Å². The number of hydrogen-bond acceptors (Lipinski definition) is 6. The molecule has 2 N–H and O–H groups in total. The number of nitrogens with one attached hydrogen (secondary N) is 2. The van der Waals surface area contributed by atoms with E-state index in [0.717, 1.165) is 40.4 Å². The van der Waals surface area contributed by atoms with Crippen molar-refractivity contribution in [1.29, 1.82) is 0 Å². The summed E-state index contributed by atoms with van der Waals surface area (Å²) in [5, 5.41) is 6.96. The zero-order chi connectivity index (χ0) is 22.3. The van der Waals surface area contributed by atoms with E-state index < -0.39 is 0 Å². The first kappa shape index (κ1) is 22.2. The molecule has 1 aliphatic heterocycles. The maximum atomic E-state index is 12.4. The fourth-order valence-corrected chi connectivity index (χ4v) is 4.20. The van der Waals surface area contributed by atoms with Crippen molar-refractivity contribution in [3.63, 3.8) is 0 Å². The molecule has 1 aliphatic rings. The van der Waals surface area contributed by atoms with Crippen molar-refractivity contribution in [2.75, 3.05) is 37.4 Å². The first-order valence-electron chi connectivity index (χ1n) is 10.4. The van der Waals surface area contributed by atoms with Gasteiger partial charge in [0.15, 0.2) is 0 Å². The largest absolute Gasteiger partial charge is 0.383 e. The van der Waals surface area contributed by atoms with Crippen LogP contribution in [0.5, 0.6) is 0 Å². The summed E-state index contributed by atoms with van der Waals surface area (Å²) in [6.07, 6.45) is 3.76. The van der Waals surface area contributed by atoms with Crippen LogP contribution in [0.3, 0.4) is 0 Å². The molecule has 1 fully saturated rings. The topological polar surface area (TPSA) is 79.4 Å². The van der Waals surface area contributed by atoms with Crippen molar-refractivity contribution in [3.05, 3.63) is 53.3 Å². The minimum absolute atomic E-state index is 0.342. The molecule has 1 unspecified atom stereocenters. The van der Waals surface area contributed by atoms with Crippen LogP contribution in [0.15, 0.2) is 53.3 Å². The number of anilines is 3. The Balaban J connectivity index is 1.45. The van der Waals surface area contributed by atoms with E-state index in [1.807, 2.05) is 42.5 Å². The van der Waals surface area contributed by atoms with Gasteiger partial charge in [-0.3, -0.25) is 9.69 Å². The number of benzene rings is 2. The number of halogens is 1. The molecule has 0 radical (unpaired) electrons. The summed E-state index contributed by atoms with van der Waals surface area (Å²) in [6, 6.07) is 13.7. The van der Waals surface area contributed by atoms with Gasteiger partial charge >= 0.3 is 0 Å². The molecule has 7 nitrogen and oxygen atoms in total. The van der Waals surface area contributed by atoms with Gasteiger partial charge in [0.25, 0.3) is 5.91 Å². The molecule has 0 bridgehead atoms. The summed E-state index contributed by atoms with van der Waals surface area (Å²) < 4.78 is 6.23. The molecule has 1 saturated heterocycles. The lowest BCUT2D eigenvalue weighted by Crippen LogP contribution is -2.33. The molecule has 4 rings (SSSR count). The fourth-order valence-electron chi connectivity index (χ4n) is 3.81. The number of methoxy groups -OCH3 is 1. The highest BCUT2D eigenvalue weighted by molar-refractivity contribution is 9.10. The van der Waals surface area contributed by atoms with E-state index in [1.165, 1.54) is 6.33 Å². The van der Waals surface area contributed by atoms with Crippen molar-refractivity contribution in [1.82, 2.24) is 14.9 Å². The average Bonchev–Trinajstić information content (AvgIpc) is 3.21. The van der Waals surface area contributed by atoms with Crippen LogP contribution in [-0.2, 0) is 9.53 Å². The number of carbonyl (C=O) groups excluding carboxylic acids is 1. The molecular weight excluding hydrogens is 470 g/mol. The number of aromatic nitrogens is 2. The van der Waals surface area contributed by atoms with E-state index >= 15 is 0 Å². The van der Waals surface area contributed by atoms with E-state index in [1.54, 1.807) is 7.11 Å². The number of likely N-dealkylation sites (tertiary alicyclic amines) is 1. The molecular formula is C24H24BrN5O2. The van der Waals surface area contributed by atoms with Crippen molar-refractivity contribution in [2.45, 2.75) is 18.9 Å². The number of rotatable bonds is 6. The quantitative estimate of drug-likeness (QED) is 0.501. The van der Waals surface area contributed by atoms with Crippen LogP contribution in [0, 0.1) is 11.8 Å². The zero-order valence-electron chi connectivity index (χ0n) is 17.8. The Labute approximate surface area is 195 Å². The number of hydrogen-bond donors (Lipinski definition) is 2. The number of fused-ring (bicyclic) bond motifs is 1. The maximum absolute atomic E-state index is 12.4. The third-order valence-electron chi connectivity index (χ3n) is 5.32. The second-order valence-corrected chi connectivity index (χ2v) is 8.48. The SMILES string of the molecule is COCC1CCCN1CC#CC(=O)Nc1ccc2ncnc(Nc3cccc(Br)c3)c2c1. The van der Waals surface area contributed by atoms with E-state index in [-0.39, 0.29) is 5.91 Å². The number of nitrogens with zero attached hydrogens (tertiary/aromatic N) is 3. The Morgan fingerprint density at radius 2 is 2.16 bits per heavy atom. The minimum Gasteiger partial charge on any atom is -0.383 e. The molecule has 3 aromatic rings. The second kappa shape index (κ2) is 10.6. The van der Waals surface area contributed by atoms with Crippen LogP contribution >= 0.6 is 15.9 Å². The summed E-state index contributed by atoms with van der Waals surface area (Å²) >= 11 is 3.47. The van der Waals surface area contributed by atoms with Crippen LogP contribution in [0.1, 0.15) is 12.8 Å². The smallest absolute Gasteiger partial charge is 0.300 e. The highest BCUT2D eigenvalue weighted by Gasteiger charge is 2.23. The van der Waals surface area contributed by atoms with Gasteiger partial charge in [-0.2, -0.15) is 0 Å². The van der Waals surface area contributed by atoms with Gasteiger partial charge in [-0.05, 0) is 61.7 Å². The zero-order valence-corrected chi connectivity index (χ0v) is 19.4. The molecule has 2 aromatic carbocycles. The normalized spacial score (nSPS) is 15.9. The van der Waals surface area contributed by atoms with Crippen LogP contribution in [0.4, 0.5) is 17.2 Å². The number of ether oxygens (including phenoxy) is 1. The molecule has 2 heterocycles. The minimum atomic E-state index is -0.342. The van der Waals surface area contributed by atoms with E-state index in [0.29, 0.717) is 30.7 Å². The van der Waals surface area contributed by atoms with E-state index in [9.17, 15) is 4.79 Å². The molecule has 0 spiro atoms. The Morgan fingerprint density at radius 1 is 1.25 bits per heavy atom. The Morgan fingerprint density at radius 3 is 3.00 bits per heavy atom. The van der Waals surface area contributed by atoms with Crippen LogP contribution in [0.25, 0.3) is 10.9 Å². The summed E-state index contributed by atoms with van der Waals surface area (Å²) in [5.74, 6) is 6.00. The summed E-state index contributed by atoms with van der Waals surface area (Å²) in [4.78, 5) is 23.3. The lowest BCUT2D eigenvalue weighted by Gasteiger charge is -2.20. The first-order valence-corrected chi connectivity index (χ1v) is 11.2. The van der Waals surface area contributed by atoms with Gasteiger partial charge in [-0.25, -0.2) is 9.97 Å². The van der Waals surface area contributed by atoms with Crippen LogP contribution in [-0.4, -0.2) is 53.6 Å². The van der Waals surface area contributed by atoms with Gasteiger partial charge in [0.2, 0.25) is 0 Å². The van der Waals surface area contributed by atoms with Gasteiger partial charge in [0.1, 0.15) is 12.1 Å². The lowest BCUT2D eigenvalue weighted by atomic mass is 10.2. The predicted molar refractivity (Wildman–Crippen MR) is 130 cm³/mol. The van der Waals surface area contributed by atoms with Crippen molar-refractivity contribution in [3.8, 4) is 11.8 Å². The third-order valence-corrected chi connectivity index (χ3v) is 5.82. The van der Waals surface area contributed by atoms with Gasteiger partial charge < -0.3 is 15.4 Å². The molecule has 164 valence electrons. The van der Waals surface area contributed by atoms with Crippen molar-refractivity contribution < 1.29 is 9.53 Å². The molecule has 1 atom stereocenters. The number of amides is 1. The van der Waals surface area contributed by atoms with Crippen LogP contribution < -0.4 is 10.6 Å². The molecule has 0 saturated carbocycles. The maximum Gasteiger partial charge on any atom is 0.300 e. The summed E-state index contributed by atoms with van der Waals surface area (Å²) in [7, 11) is 1.71. The fraction of sp³-hybridized carbons (Fsp3) is 0.292. The molecule has 1 amide bonds. The predicted octanol–water partition coefficient (Wildman–Crippen LogP) is 4.19. The molecule has 32 heavy (non-hydrogen) atoms. The highest BCUT2D eigenvalue weighted by atomic mass is 79.9. The Bertz CT molecular complexity index is 1170. The molecule has 1 aromatic heterocycles. The monoisotopic (exact) mass is 493 g/mol. The Kier molecular flexibility index (Phi) is 7.32. The molecule has 8 heteroatoms. The Hall–Kier alpha value is -2.99. The second-order valence-electron chi connectivity index (χ2n) is 7.57. The van der Waals surface area contributed by atoms with E-state index in [2.05, 4.69) is 53.3 Å².